The Labute approximate surface area is 259 Å². The van der Waals surface area contributed by atoms with Crippen molar-refractivity contribution in [3.05, 3.63) is 131 Å². The molecule has 0 fully saturated rings. The van der Waals surface area contributed by atoms with Crippen LogP contribution >= 0.6 is 11.8 Å². The van der Waals surface area contributed by atoms with Gasteiger partial charge in [0.25, 0.3) is 0 Å². The average Bonchev–Trinajstić information content (AvgIpc) is 3.00. The first kappa shape index (κ1) is 34.0. The fraction of sp³-hybridized carbons (Fsp3) is 0.212. The second kappa shape index (κ2) is 15.8. The van der Waals surface area contributed by atoms with E-state index in [4.69, 9.17) is 0 Å². The van der Waals surface area contributed by atoms with Gasteiger partial charge in [0.15, 0.2) is 10.9 Å². The van der Waals surface area contributed by atoms with Crippen molar-refractivity contribution in [1.82, 2.24) is 24.8 Å². The number of aromatic nitrogens is 3. The van der Waals surface area contributed by atoms with Gasteiger partial charge in [0.2, 0.25) is 0 Å². The Kier molecular flexibility index (Phi) is 12.2. The average molecular weight is 624 g/mol. The number of alkyl halides is 3. The van der Waals surface area contributed by atoms with Crippen LogP contribution in [-0.2, 0) is 12.6 Å². The van der Waals surface area contributed by atoms with E-state index in [0.717, 1.165) is 17.2 Å². The van der Waals surface area contributed by atoms with Gasteiger partial charge >= 0.3 is 6.18 Å². The van der Waals surface area contributed by atoms with Crippen molar-refractivity contribution in [2.75, 3.05) is 34.4 Å². The Balaban J connectivity index is 0.000000244. The Bertz CT molecular complexity index is 1590. The second-order valence-corrected chi connectivity index (χ2v) is 10.8. The summed E-state index contributed by atoms with van der Waals surface area (Å²) >= 11 is 1.42. The lowest BCUT2D eigenvalue weighted by atomic mass is 9.98. The number of halogens is 4. The molecule has 4 aromatic rings. The molecule has 4 rings (SSSR count). The van der Waals surface area contributed by atoms with Crippen molar-refractivity contribution in [2.45, 2.75) is 17.8 Å². The van der Waals surface area contributed by atoms with Gasteiger partial charge in [0.1, 0.15) is 5.82 Å². The van der Waals surface area contributed by atoms with Crippen molar-refractivity contribution in [3.8, 4) is 0 Å². The topological polar surface area (TPSA) is 62.2 Å². The van der Waals surface area contributed by atoms with Crippen LogP contribution in [0.3, 0.4) is 0 Å². The van der Waals surface area contributed by atoms with E-state index in [1.54, 1.807) is 54.0 Å². The molecule has 0 atom stereocenters. The SMILES string of the molecule is CN(C)C=C(C(=O)c1ccc(F)cc1)c1ccncc1.CSc1nccc(C(=CN(C)C)Cc2cccc(C(F)(F)F)c2)n1. The molecule has 11 heteroatoms. The Morgan fingerprint density at radius 2 is 1.52 bits per heavy atom. The fourth-order valence-corrected chi connectivity index (χ4v) is 4.38. The highest BCUT2D eigenvalue weighted by Crippen LogP contribution is 2.31. The van der Waals surface area contributed by atoms with Gasteiger partial charge in [-0.1, -0.05) is 30.0 Å². The summed E-state index contributed by atoms with van der Waals surface area (Å²) in [6, 6.07) is 16.2. The maximum atomic E-state index is 12.9. The van der Waals surface area contributed by atoms with Crippen molar-refractivity contribution in [1.29, 1.82) is 0 Å². The number of nitrogens with zero attached hydrogens (tertiary/aromatic N) is 5. The van der Waals surface area contributed by atoms with E-state index in [1.807, 2.05) is 45.5 Å². The molecule has 44 heavy (non-hydrogen) atoms. The highest BCUT2D eigenvalue weighted by Gasteiger charge is 2.30. The number of allylic oxidation sites excluding steroid dienone is 2. The molecule has 0 saturated heterocycles. The molecule has 2 aromatic carbocycles. The minimum absolute atomic E-state index is 0.148. The number of benzene rings is 2. The molecule has 0 aliphatic heterocycles. The number of Topliss-reactive ketones (excluding diaryl/α,β-unsaturated/α-hetero) is 1. The third-order valence-corrected chi connectivity index (χ3v) is 6.50. The number of carbonyl (C=O) groups excluding carboxylic acids is 1. The van der Waals surface area contributed by atoms with Gasteiger partial charge in [0.05, 0.1) is 11.3 Å². The minimum atomic E-state index is -4.34. The summed E-state index contributed by atoms with van der Waals surface area (Å²) in [5.74, 6) is -0.506. The van der Waals surface area contributed by atoms with Crippen LogP contribution < -0.4 is 0 Å². The molecule has 0 amide bonds. The molecular weight excluding hydrogens is 590 g/mol. The standard InChI is InChI=1S/C17H18F3N3S.C16H15FN2O/c1-23(2)11-13(15-7-8-21-16(22-15)24-3)9-12-5-4-6-14(10-12)17(18,19)20;1-19(2)11-15(12-7-9-18-10-8-12)16(20)13-3-5-14(17)6-4-13/h4-8,10-11H,9H2,1-3H3;3-11H,1-2H3. The van der Waals surface area contributed by atoms with Crippen LogP contribution in [0.15, 0.2) is 103 Å². The molecule has 2 heterocycles. The first-order valence-corrected chi connectivity index (χ1v) is 14.6. The highest BCUT2D eigenvalue weighted by molar-refractivity contribution is 7.98. The number of thioether (sulfide) groups is 1. The molecular formula is C33H33F4N5OS. The highest BCUT2D eigenvalue weighted by atomic mass is 32.2. The molecule has 0 saturated carbocycles. The lowest BCUT2D eigenvalue weighted by Gasteiger charge is -2.14. The minimum Gasteiger partial charge on any atom is -0.383 e. The Morgan fingerprint density at radius 1 is 0.864 bits per heavy atom. The predicted octanol–water partition coefficient (Wildman–Crippen LogP) is 7.37. The van der Waals surface area contributed by atoms with Gasteiger partial charge in [0, 0.05) is 76.7 Å². The molecule has 230 valence electrons. The first-order chi connectivity index (χ1) is 20.9. The molecule has 6 nitrogen and oxygen atoms in total. The first-order valence-electron chi connectivity index (χ1n) is 13.4. The van der Waals surface area contributed by atoms with E-state index in [-0.39, 0.29) is 11.6 Å². The van der Waals surface area contributed by atoms with E-state index < -0.39 is 11.7 Å². The van der Waals surface area contributed by atoms with Crippen molar-refractivity contribution in [2.24, 2.45) is 0 Å². The number of ketones is 1. The Morgan fingerprint density at radius 3 is 2.11 bits per heavy atom. The summed E-state index contributed by atoms with van der Waals surface area (Å²) in [6.07, 6.45) is 6.43. The van der Waals surface area contributed by atoms with Crippen molar-refractivity contribution < 1.29 is 22.4 Å². The fourth-order valence-electron chi connectivity index (χ4n) is 4.02. The molecule has 0 bridgehead atoms. The zero-order valence-electron chi connectivity index (χ0n) is 25.0. The Hall–Kier alpha value is -4.51. The van der Waals surface area contributed by atoms with Crippen molar-refractivity contribution in [3.63, 3.8) is 0 Å². The number of rotatable bonds is 9. The van der Waals surface area contributed by atoms with Gasteiger partial charge < -0.3 is 9.80 Å². The van der Waals surface area contributed by atoms with Crippen LogP contribution in [0.5, 0.6) is 0 Å². The zero-order valence-corrected chi connectivity index (χ0v) is 25.8. The van der Waals surface area contributed by atoms with Crippen LogP contribution in [-0.4, -0.2) is 65.0 Å². The lowest BCUT2D eigenvalue weighted by molar-refractivity contribution is -0.137. The van der Waals surface area contributed by atoms with E-state index in [1.165, 1.54) is 48.2 Å². The maximum Gasteiger partial charge on any atom is 0.416 e. The smallest absolute Gasteiger partial charge is 0.383 e. The normalized spacial score (nSPS) is 11.8. The summed E-state index contributed by atoms with van der Waals surface area (Å²) in [5.41, 5.74) is 3.26. The van der Waals surface area contributed by atoms with E-state index in [9.17, 15) is 22.4 Å². The second-order valence-electron chi connectivity index (χ2n) is 10.00. The van der Waals surface area contributed by atoms with E-state index in [0.29, 0.717) is 34.0 Å². The summed E-state index contributed by atoms with van der Waals surface area (Å²) in [7, 11) is 7.42. The summed E-state index contributed by atoms with van der Waals surface area (Å²) in [6.45, 7) is 0. The third kappa shape index (κ3) is 10.3. The molecule has 0 radical (unpaired) electrons. The lowest BCUT2D eigenvalue weighted by Crippen LogP contribution is -2.09. The third-order valence-electron chi connectivity index (χ3n) is 5.94. The van der Waals surface area contributed by atoms with Crippen LogP contribution in [0.1, 0.15) is 32.7 Å². The molecule has 0 N–H and O–H groups in total. The summed E-state index contributed by atoms with van der Waals surface area (Å²) in [4.78, 5) is 28.7. The molecule has 0 unspecified atom stereocenters. The van der Waals surface area contributed by atoms with Crippen LogP contribution in [0.2, 0.25) is 0 Å². The number of hydrogen-bond acceptors (Lipinski definition) is 7. The zero-order chi connectivity index (χ0) is 32.3. The van der Waals surface area contributed by atoms with E-state index >= 15 is 0 Å². The summed E-state index contributed by atoms with van der Waals surface area (Å²) in [5, 5.41) is 0.626. The van der Waals surface area contributed by atoms with Crippen LogP contribution in [0.25, 0.3) is 11.1 Å². The number of hydrogen-bond donors (Lipinski definition) is 0. The van der Waals surface area contributed by atoms with Crippen molar-refractivity contribution >= 4 is 28.7 Å². The van der Waals surface area contributed by atoms with Gasteiger partial charge in [-0.15, -0.1) is 0 Å². The van der Waals surface area contributed by atoms with Crippen LogP contribution in [0.4, 0.5) is 17.6 Å². The largest absolute Gasteiger partial charge is 0.416 e. The quantitative estimate of drug-likeness (QED) is 0.0635. The van der Waals surface area contributed by atoms with Gasteiger partial charge in [-0.25, -0.2) is 14.4 Å². The van der Waals surface area contributed by atoms with Gasteiger partial charge in [-0.3, -0.25) is 9.78 Å². The van der Waals surface area contributed by atoms with Gasteiger partial charge in [-0.2, -0.15) is 13.2 Å². The van der Waals surface area contributed by atoms with Crippen LogP contribution in [0, 0.1) is 5.82 Å². The van der Waals surface area contributed by atoms with E-state index in [2.05, 4.69) is 15.0 Å². The summed E-state index contributed by atoms with van der Waals surface area (Å²) < 4.78 is 51.6. The predicted molar refractivity (Wildman–Crippen MR) is 167 cm³/mol. The molecule has 2 aromatic heterocycles. The number of carbonyl (C=O) groups is 1. The monoisotopic (exact) mass is 623 g/mol. The number of pyridine rings is 1. The molecule has 0 aliphatic carbocycles. The van der Waals surface area contributed by atoms with Gasteiger partial charge in [-0.05, 0) is 71.5 Å². The maximum absolute atomic E-state index is 12.9. The molecule has 0 spiro atoms. The molecule has 0 aliphatic rings.